The van der Waals surface area contributed by atoms with E-state index in [1.54, 1.807) is 18.2 Å². The number of halogens is 2. The maximum Gasteiger partial charge on any atom is 0.224 e. The molecule has 1 rings (SSSR count). The molecule has 3 nitrogen and oxygen atoms in total. The van der Waals surface area contributed by atoms with Gasteiger partial charge in [-0.1, -0.05) is 11.6 Å². The van der Waals surface area contributed by atoms with Gasteiger partial charge in [-0.3, -0.25) is 4.79 Å². The predicted octanol–water partition coefficient (Wildman–Crippen LogP) is 3.17. The molecule has 1 aromatic rings. The second kappa shape index (κ2) is 6.23. The van der Waals surface area contributed by atoms with Gasteiger partial charge in [0.15, 0.2) is 0 Å². The number of carbonyl (C=O) groups excluding carboxylic acids is 1. The molecule has 0 aromatic heterocycles. The molecule has 88 valence electrons. The van der Waals surface area contributed by atoms with E-state index in [2.05, 4.69) is 21.2 Å². The first-order valence-electron chi connectivity index (χ1n) is 4.99. The summed E-state index contributed by atoms with van der Waals surface area (Å²) in [5.41, 5.74) is 6.26. The second-order valence-corrected chi connectivity index (χ2v) is 4.98. The van der Waals surface area contributed by atoms with Crippen LogP contribution in [0.25, 0.3) is 0 Å². The Morgan fingerprint density at radius 1 is 1.62 bits per heavy atom. The van der Waals surface area contributed by atoms with Gasteiger partial charge in [-0.05, 0) is 47.5 Å². The number of nitrogens with two attached hydrogens (primary N) is 1. The number of rotatable bonds is 4. The van der Waals surface area contributed by atoms with Gasteiger partial charge in [-0.25, -0.2) is 0 Å². The summed E-state index contributed by atoms with van der Waals surface area (Å²) in [7, 11) is 0. The molecular formula is C11H14BrClN2O. The highest BCUT2D eigenvalue weighted by molar-refractivity contribution is 9.10. The highest BCUT2D eigenvalue weighted by Crippen LogP contribution is 2.25. The third-order valence-corrected chi connectivity index (χ3v) is 2.96. The number of amides is 1. The minimum Gasteiger partial charge on any atom is -0.328 e. The van der Waals surface area contributed by atoms with Crippen LogP contribution >= 0.6 is 27.5 Å². The fourth-order valence-corrected chi connectivity index (χ4v) is 1.68. The van der Waals surface area contributed by atoms with E-state index < -0.39 is 0 Å². The summed E-state index contributed by atoms with van der Waals surface area (Å²) in [6.45, 7) is 1.88. The lowest BCUT2D eigenvalue weighted by atomic mass is 10.2. The highest BCUT2D eigenvalue weighted by atomic mass is 79.9. The normalized spacial score (nSPS) is 12.2. The van der Waals surface area contributed by atoms with Crippen molar-refractivity contribution in [3.8, 4) is 0 Å². The lowest BCUT2D eigenvalue weighted by Gasteiger charge is -2.08. The van der Waals surface area contributed by atoms with Crippen molar-refractivity contribution in [1.29, 1.82) is 0 Å². The fourth-order valence-electron chi connectivity index (χ4n) is 1.16. The molecule has 1 atom stereocenters. The molecule has 0 radical (unpaired) electrons. The summed E-state index contributed by atoms with van der Waals surface area (Å²) >= 11 is 9.18. The molecule has 16 heavy (non-hydrogen) atoms. The number of carbonyl (C=O) groups is 1. The van der Waals surface area contributed by atoms with Crippen molar-refractivity contribution in [2.45, 2.75) is 25.8 Å². The molecule has 1 amide bonds. The molecule has 0 bridgehead atoms. The molecule has 1 aromatic carbocycles. The smallest absolute Gasteiger partial charge is 0.224 e. The van der Waals surface area contributed by atoms with E-state index in [-0.39, 0.29) is 11.9 Å². The van der Waals surface area contributed by atoms with Crippen molar-refractivity contribution >= 4 is 39.1 Å². The third-order valence-electron chi connectivity index (χ3n) is 2.03. The Morgan fingerprint density at radius 3 is 2.94 bits per heavy atom. The first kappa shape index (κ1) is 13.5. The minimum absolute atomic E-state index is 0.0357. The number of hydrogen-bond donors (Lipinski definition) is 2. The van der Waals surface area contributed by atoms with Crippen LogP contribution in [0.4, 0.5) is 5.69 Å². The summed E-state index contributed by atoms with van der Waals surface area (Å²) in [4.78, 5) is 11.5. The lowest BCUT2D eigenvalue weighted by Crippen LogP contribution is -2.19. The van der Waals surface area contributed by atoms with E-state index in [9.17, 15) is 4.79 Å². The average molecular weight is 306 g/mol. The second-order valence-electron chi connectivity index (χ2n) is 3.69. The van der Waals surface area contributed by atoms with E-state index in [0.29, 0.717) is 23.6 Å². The zero-order valence-electron chi connectivity index (χ0n) is 8.97. The van der Waals surface area contributed by atoms with Crippen LogP contribution in [0.3, 0.4) is 0 Å². The van der Waals surface area contributed by atoms with E-state index in [1.807, 2.05) is 6.92 Å². The molecule has 0 saturated heterocycles. The maximum absolute atomic E-state index is 11.5. The Kier molecular flexibility index (Phi) is 5.25. The molecule has 0 aliphatic heterocycles. The van der Waals surface area contributed by atoms with Crippen LogP contribution in [0.5, 0.6) is 0 Å². The molecule has 0 heterocycles. The number of benzene rings is 1. The monoisotopic (exact) mass is 304 g/mol. The van der Waals surface area contributed by atoms with Crippen molar-refractivity contribution < 1.29 is 4.79 Å². The molecule has 5 heteroatoms. The van der Waals surface area contributed by atoms with Gasteiger partial charge in [0.25, 0.3) is 0 Å². The van der Waals surface area contributed by atoms with Crippen molar-refractivity contribution in [2.75, 3.05) is 5.32 Å². The Hall–Kier alpha value is -0.580. The summed E-state index contributed by atoms with van der Waals surface area (Å²) in [6, 6.07) is 5.29. The predicted molar refractivity (Wildman–Crippen MR) is 70.7 cm³/mol. The molecule has 0 aliphatic rings. The van der Waals surface area contributed by atoms with Gasteiger partial charge in [0.2, 0.25) is 5.91 Å². The Morgan fingerprint density at radius 2 is 2.31 bits per heavy atom. The molecule has 0 fully saturated rings. The van der Waals surface area contributed by atoms with E-state index >= 15 is 0 Å². The first-order chi connectivity index (χ1) is 7.49. The maximum atomic E-state index is 11.5. The summed E-state index contributed by atoms with van der Waals surface area (Å²) in [5, 5.41) is 3.37. The lowest BCUT2D eigenvalue weighted by molar-refractivity contribution is -0.116. The van der Waals surface area contributed by atoms with Crippen molar-refractivity contribution in [3.05, 3.63) is 27.7 Å². The van der Waals surface area contributed by atoms with Crippen molar-refractivity contribution in [2.24, 2.45) is 5.73 Å². The Balaban J connectivity index is 2.59. The number of nitrogens with one attached hydrogen (secondary N) is 1. The van der Waals surface area contributed by atoms with Gasteiger partial charge >= 0.3 is 0 Å². The number of anilines is 1. The van der Waals surface area contributed by atoms with Crippen LogP contribution in [0.2, 0.25) is 5.02 Å². The van der Waals surface area contributed by atoms with E-state index in [4.69, 9.17) is 17.3 Å². The quantitative estimate of drug-likeness (QED) is 0.897. The first-order valence-corrected chi connectivity index (χ1v) is 6.16. The molecule has 0 saturated carbocycles. The Bertz CT molecular complexity index is 382. The van der Waals surface area contributed by atoms with E-state index in [1.165, 1.54) is 0 Å². The summed E-state index contributed by atoms with van der Waals surface area (Å²) < 4.78 is 0.811. The Labute approximate surface area is 108 Å². The van der Waals surface area contributed by atoms with Crippen molar-refractivity contribution in [3.63, 3.8) is 0 Å². The van der Waals surface area contributed by atoms with Gasteiger partial charge in [0.05, 0.1) is 5.69 Å². The molecule has 1 unspecified atom stereocenters. The summed E-state index contributed by atoms with van der Waals surface area (Å²) in [5.74, 6) is -0.0553. The van der Waals surface area contributed by atoms with Gasteiger partial charge in [0, 0.05) is 22.0 Å². The van der Waals surface area contributed by atoms with Gasteiger partial charge in [-0.15, -0.1) is 0 Å². The van der Waals surface area contributed by atoms with Gasteiger partial charge in [0.1, 0.15) is 0 Å². The zero-order chi connectivity index (χ0) is 12.1. The van der Waals surface area contributed by atoms with Crippen LogP contribution in [0.1, 0.15) is 19.8 Å². The summed E-state index contributed by atoms with van der Waals surface area (Å²) in [6.07, 6.45) is 1.08. The van der Waals surface area contributed by atoms with Crippen LogP contribution in [-0.2, 0) is 4.79 Å². The van der Waals surface area contributed by atoms with Gasteiger partial charge < -0.3 is 11.1 Å². The van der Waals surface area contributed by atoms with Crippen molar-refractivity contribution in [1.82, 2.24) is 0 Å². The highest BCUT2D eigenvalue weighted by Gasteiger charge is 2.07. The van der Waals surface area contributed by atoms with Crippen LogP contribution in [0.15, 0.2) is 22.7 Å². The topological polar surface area (TPSA) is 55.1 Å². The molecule has 0 aliphatic carbocycles. The SMILES string of the molecule is CC(N)CCC(=O)Nc1cc(Cl)ccc1Br. The molecule has 0 spiro atoms. The van der Waals surface area contributed by atoms with Crippen LogP contribution in [0, 0.1) is 0 Å². The fraction of sp³-hybridized carbons (Fsp3) is 0.364. The zero-order valence-corrected chi connectivity index (χ0v) is 11.3. The average Bonchev–Trinajstić information content (AvgIpc) is 2.20. The number of hydrogen-bond acceptors (Lipinski definition) is 2. The standard InChI is InChI=1S/C11H14BrClN2O/c1-7(14)2-5-11(16)15-10-6-8(13)3-4-9(10)12/h3-4,6-7H,2,5,14H2,1H3,(H,15,16). The minimum atomic E-state index is -0.0553. The molecule has 3 N–H and O–H groups in total. The van der Waals surface area contributed by atoms with Gasteiger partial charge in [-0.2, -0.15) is 0 Å². The largest absolute Gasteiger partial charge is 0.328 e. The third kappa shape index (κ3) is 4.51. The van der Waals surface area contributed by atoms with E-state index in [0.717, 1.165) is 4.47 Å². The molecular weight excluding hydrogens is 291 g/mol. The van der Waals surface area contributed by atoms with Crippen LogP contribution < -0.4 is 11.1 Å². The van der Waals surface area contributed by atoms with Crippen LogP contribution in [-0.4, -0.2) is 11.9 Å².